The Labute approximate surface area is 108 Å². The molecule has 0 saturated carbocycles. The van der Waals surface area contributed by atoms with Crippen LogP contribution in [0.15, 0.2) is 22.7 Å². The number of hydrogen-bond acceptors (Lipinski definition) is 3. The quantitative estimate of drug-likeness (QED) is 0.813. The molecule has 5 nitrogen and oxygen atoms in total. The number of nitrogen functional groups attached to an aromatic ring is 1. The van der Waals surface area contributed by atoms with Crippen molar-refractivity contribution in [2.24, 2.45) is 0 Å². The number of carbonyl (C=O) groups is 2. The van der Waals surface area contributed by atoms with Gasteiger partial charge in [-0.05, 0) is 34.1 Å². The van der Waals surface area contributed by atoms with Crippen LogP contribution < -0.4 is 11.1 Å². The van der Waals surface area contributed by atoms with Crippen molar-refractivity contribution in [1.82, 2.24) is 10.2 Å². The molecule has 17 heavy (non-hydrogen) atoms. The van der Waals surface area contributed by atoms with Gasteiger partial charge in [0.15, 0.2) is 0 Å². The fourth-order valence-corrected chi connectivity index (χ4v) is 1.35. The Morgan fingerprint density at radius 3 is 2.59 bits per heavy atom. The van der Waals surface area contributed by atoms with E-state index in [1.807, 2.05) is 0 Å². The van der Waals surface area contributed by atoms with Crippen molar-refractivity contribution in [3.05, 3.63) is 28.2 Å². The predicted molar refractivity (Wildman–Crippen MR) is 69.6 cm³/mol. The minimum Gasteiger partial charge on any atom is -0.398 e. The molecule has 0 bridgehead atoms. The fourth-order valence-electron chi connectivity index (χ4n) is 1.10. The Hall–Kier alpha value is -1.56. The summed E-state index contributed by atoms with van der Waals surface area (Å²) < 4.78 is 0.735. The summed E-state index contributed by atoms with van der Waals surface area (Å²) in [6.07, 6.45) is 0. The van der Waals surface area contributed by atoms with E-state index in [0.717, 1.165) is 4.47 Å². The van der Waals surface area contributed by atoms with E-state index in [2.05, 4.69) is 21.2 Å². The second-order valence-electron chi connectivity index (χ2n) is 3.71. The lowest BCUT2D eigenvalue weighted by Crippen LogP contribution is -2.36. The minimum absolute atomic E-state index is 0.0260. The van der Waals surface area contributed by atoms with Crippen molar-refractivity contribution in [3.63, 3.8) is 0 Å². The number of rotatable bonds is 3. The van der Waals surface area contributed by atoms with E-state index in [4.69, 9.17) is 5.73 Å². The molecule has 0 spiro atoms. The number of nitrogens with zero attached hydrogens (tertiary/aromatic N) is 1. The van der Waals surface area contributed by atoms with Gasteiger partial charge in [0.05, 0.1) is 6.54 Å². The standard InChI is InChI=1S/C11H14BrN3O2/c1-15(2)10(16)6-14-11(17)7-3-4-8(12)9(13)5-7/h3-5H,6,13H2,1-2H3,(H,14,17). The van der Waals surface area contributed by atoms with Crippen LogP contribution in [-0.2, 0) is 4.79 Å². The number of carbonyl (C=O) groups excluding carboxylic acids is 2. The normalized spacial score (nSPS) is 9.82. The molecule has 0 radical (unpaired) electrons. The summed E-state index contributed by atoms with van der Waals surface area (Å²) in [6.45, 7) is -0.0260. The minimum atomic E-state index is -0.320. The molecule has 1 aromatic rings. The predicted octanol–water partition coefficient (Wildman–Crippen LogP) is 0.849. The molecule has 0 unspecified atom stereocenters. The Morgan fingerprint density at radius 2 is 2.06 bits per heavy atom. The Kier molecular flexibility index (Phi) is 4.51. The molecule has 92 valence electrons. The molecule has 0 heterocycles. The van der Waals surface area contributed by atoms with Gasteiger partial charge in [-0.2, -0.15) is 0 Å². The lowest BCUT2D eigenvalue weighted by Gasteiger charge is -2.11. The molecule has 0 atom stereocenters. The summed E-state index contributed by atoms with van der Waals surface area (Å²) >= 11 is 3.24. The number of likely N-dealkylation sites (N-methyl/N-ethyl adjacent to an activating group) is 1. The van der Waals surface area contributed by atoms with Crippen LogP contribution in [0.2, 0.25) is 0 Å². The number of benzene rings is 1. The lowest BCUT2D eigenvalue weighted by atomic mass is 10.2. The molecule has 6 heteroatoms. The number of anilines is 1. The highest BCUT2D eigenvalue weighted by molar-refractivity contribution is 9.10. The van der Waals surface area contributed by atoms with E-state index in [0.29, 0.717) is 11.3 Å². The monoisotopic (exact) mass is 299 g/mol. The van der Waals surface area contributed by atoms with Crippen molar-refractivity contribution in [2.45, 2.75) is 0 Å². The largest absolute Gasteiger partial charge is 0.398 e. The smallest absolute Gasteiger partial charge is 0.251 e. The number of hydrogen-bond donors (Lipinski definition) is 2. The third kappa shape index (κ3) is 3.74. The van der Waals surface area contributed by atoms with E-state index in [1.165, 1.54) is 4.90 Å². The number of halogens is 1. The maximum absolute atomic E-state index is 11.7. The number of nitrogens with two attached hydrogens (primary N) is 1. The van der Waals surface area contributed by atoms with Crippen LogP contribution in [0.25, 0.3) is 0 Å². The average molecular weight is 300 g/mol. The van der Waals surface area contributed by atoms with Gasteiger partial charge in [-0.1, -0.05) is 0 Å². The first-order valence-corrected chi connectivity index (χ1v) is 5.74. The Bertz CT molecular complexity index is 446. The highest BCUT2D eigenvalue weighted by Crippen LogP contribution is 2.19. The molecule has 1 aromatic carbocycles. The zero-order chi connectivity index (χ0) is 13.0. The second-order valence-corrected chi connectivity index (χ2v) is 4.56. The highest BCUT2D eigenvalue weighted by atomic mass is 79.9. The van der Waals surface area contributed by atoms with Crippen LogP contribution in [0.4, 0.5) is 5.69 Å². The molecule has 3 N–H and O–H groups in total. The zero-order valence-corrected chi connectivity index (χ0v) is 11.2. The van der Waals surface area contributed by atoms with Gasteiger partial charge in [-0.15, -0.1) is 0 Å². The van der Waals surface area contributed by atoms with Crippen molar-refractivity contribution >= 4 is 33.4 Å². The van der Waals surface area contributed by atoms with E-state index in [-0.39, 0.29) is 18.4 Å². The van der Waals surface area contributed by atoms with Crippen LogP contribution in [0.3, 0.4) is 0 Å². The zero-order valence-electron chi connectivity index (χ0n) is 9.66. The van der Waals surface area contributed by atoms with Gasteiger partial charge in [0.1, 0.15) is 0 Å². The molecule has 0 aliphatic rings. The van der Waals surface area contributed by atoms with Crippen molar-refractivity contribution in [1.29, 1.82) is 0 Å². The average Bonchev–Trinajstić information content (AvgIpc) is 2.28. The van der Waals surface area contributed by atoms with Crippen LogP contribution >= 0.6 is 15.9 Å². The van der Waals surface area contributed by atoms with Gasteiger partial charge in [0, 0.05) is 29.8 Å². The molecule has 0 saturated heterocycles. The first kappa shape index (κ1) is 13.5. The van der Waals surface area contributed by atoms with Gasteiger partial charge < -0.3 is 16.0 Å². The third-order valence-electron chi connectivity index (χ3n) is 2.16. The van der Waals surface area contributed by atoms with Crippen molar-refractivity contribution in [3.8, 4) is 0 Å². The maximum atomic E-state index is 11.7. The van der Waals surface area contributed by atoms with Crippen molar-refractivity contribution in [2.75, 3.05) is 26.4 Å². The van der Waals surface area contributed by atoms with E-state index in [1.54, 1.807) is 32.3 Å². The molecule has 0 aliphatic carbocycles. The molecule has 0 aromatic heterocycles. The number of nitrogens with one attached hydrogen (secondary N) is 1. The van der Waals surface area contributed by atoms with Crippen LogP contribution in [-0.4, -0.2) is 37.4 Å². The maximum Gasteiger partial charge on any atom is 0.251 e. The molecular formula is C11H14BrN3O2. The Balaban J connectivity index is 2.64. The van der Waals surface area contributed by atoms with Crippen LogP contribution in [0.1, 0.15) is 10.4 Å². The van der Waals surface area contributed by atoms with E-state index >= 15 is 0 Å². The van der Waals surface area contributed by atoms with Crippen LogP contribution in [0.5, 0.6) is 0 Å². The van der Waals surface area contributed by atoms with E-state index in [9.17, 15) is 9.59 Å². The van der Waals surface area contributed by atoms with Crippen LogP contribution in [0, 0.1) is 0 Å². The second kappa shape index (κ2) is 5.67. The summed E-state index contributed by atoms with van der Waals surface area (Å²) in [6, 6.07) is 4.88. The summed E-state index contributed by atoms with van der Waals surface area (Å²) in [7, 11) is 3.26. The lowest BCUT2D eigenvalue weighted by molar-refractivity contribution is -0.127. The Morgan fingerprint density at radius 1 is 1.41 bits per heavy atom. The molecule has 0 fully saturated rings. The summed E-state index contributed by atoms with van der Waals surface area (Å²) in [4.78, 5) is 24.4. The first-order chi connectivity index (χ1) is 7.91. The molecule has 1 rings (SSSR count). The topological polar surface area (TPSA) is 75.4 Å². The molecule has 2 amide bonds. The summed E-state index contributed by atoms with van der Waals surface area (Å²) in [5, 5.41) is 2.53. The number of amides is 2. The molecular weight excluding hydrogens is 286 g/mol. The SMILES string of the molecule is CN(C)C(=O)CNC(=O)c1ccc(Br)c(N)c1. The van der Waals surface area contributed by atoms with Gasteiger partial charge in [0.2, 0.25) is 5.91 Å². The summed E-state index contributed by atoms with van der Waals surface area (Å²) in [5.74, 6) is -0.483. The third-order valence-corrected chi connectivity index (χ3v) is 2.88. The van der Waals surface area contributed by atoms with E-state index < -0.39 is 0 Å². The van der Waals surface area contributed by atoms with Gasteiger partial charge in [-0.3, -0.25) is 9.59 Å². The van der Waals surface area contributed by atoms with Gasteiger partial charge >= 0.3 is 0 Å². The summed E-state index contributed by atoms with van der Waals surface area (Å²) in [5.41, 5.74) is 6.57. The highest BCUT2D eigenvalue weighted by Gasteiger charge is 2.10. The van der Waals surface area contributed by atoms with Gasteiger partial charge in [-0.25, -0.2) is 0 Å². The van der Waals surface area contributed by atoms with Crippen molar-refractivity contribution < 1.29 is 9.59 Å². The fraction of sp³-hybridized carbons (Fsp3) is 0.273. The van der Waals surface area contributed by atoms with Gasteiger partial charge in [0.25, 0.3) is 5.91 Å². The first-order valence-electron chi connectivity index (χ1n) is 4.95. The molecule has 0 aliphatic heterocycles.